The van der Waals surface area contributed by atoms with Gasteiger partial charge in [-0.15, -0.1) is 0 Å². The second kappa shape index (κ2) is 6.79. The number of hydrogen-bond donors (Lipinski definition) is 3. The van der Waals surface area contributed by atoms with E-state index >= 15 is 0 Å². The predicted molar refractivity (Wildman–Crippen MR) is 77.0 cm³/mol. The SMILES string of the molecule is NC(=O)c1cccc(-c2ncccc2CNCCO)c1. The van der Waals surface area contributed by atoms with Crippen molar-refractivity contribution in [3.8, 4) is 11.3 Å². The Kier molecular flexibility index (Phi) is 4.81. The molecule has 0 saturated heterocycles. The summed E-state index contributed by atoms with van der Waals surface area (Å²) in [6, 6.07) is 10.9. The topological polar surface area (TPSA) is 88.2 Å². The van der Waals surface area contributed by atoms with Crippen LogP contribution in [-0.2, 0) is 6.54 Å². The number of benzene rings is 1. The standard InChI is InChI=1S/C15H17N3O2/c16-15(20)12-4-1-3-11(9-12)14-13(5-2-6-18-14)10-17-7-8-19/h1-6,9,17,19H,7-8,10H2,(H2,16,20). The van der Waals surface area contributed by atoms with Gasteiger partial charge in [0.05, 0.1) is 12.3 Å². The van der Waals surface area contributed by atoms with Gasteiger partial charge in [0.15, 0.2) is 0 Å². The van der Waals surface area contributed by atoms with E-state index in [1.54, 1.807) is 24.4 Å². The van der Waals surface area contributed by atoms with Crippen molar-refractivity contribution in [2.45, 2.75) is 6.54 Å². The normalized spacial score (nSPS) is 10.4. The van der Waals surface area contributed by atoms with Crippen LogP contribution in [0.1, 0.15) is 15.9 Å². The van der Waals surface area contributed by atoms with E-state index in [0.717, 1.165) is 16.8 Å². The summed E-state index contributed by atoms with van der Waals surface area (Å²) in [7, 11) is 0. The number of carbonyl (C=O) groups excluding carboxylic acids is 1. The number of pyridine rings is 1. The smallest absolute Gasteiger partial charge is 0.248 e. The zero-order valence-electron chi connectivity index (χ0n) is 11.0. The molecule has 0 fully saturated rings. The van der Waals surface area contributed by atoms with E-state index in [4.69, 9.17) is 10.8 Å². The van der Waals surface area contributed by atoms with Gasteiger partial charge in [-0.2, -0.15) is 0 Å². The maximum Gasteiger partial charge on any atom is 0.248 e. The van der Waals surface area contributed by atoms with Crippen LogP contribution in [0.2, 0.25) is 0 Å². The third-order valence-corrected chi connectivity index (χ3v) is 2.92. The van der Waals surface area contributed by atoms with Crippen LogP contribution in [-0.4, -0.2) is 29.1 Å². The summed E-state index contributed by atoms with van der Waals surface area (Å²) in [5.41, 5.74) is 8.42. The molecule has 2 aromatic rings. The van der Waals surface area contributed by atoms with Gasteiger partial charge in [-0.05, 0) is 23.8 Å². The zero-order chi connectivity index (χ0) is 14.4. The molecule has 104 valence electrons. The van der Waals surface area contributed by atoms with Gasteiger partial charge < -0.3 is 16.2 Å². The van der Waals surface area contributed by atoms with Gasteiger partial charge in [-0.3, -0.25) is 9.78 Å². The summed E-state index contributed by atoms with van der Waals surface area (Å²) in [6.45, 7) is 1.22. The molecule has 20 heavy (non-hydrogen) atoms. The second-order valence-corrected chi connectivity index (χ2v) is 4.36. The van der Waals surface area contributed by atoms with E-state index in [-0.39, 0.29) is 6.61 Å². The van der Waals surface area contributed by atoms with Crippen LogP contribution in [0.25, 0.3) is 11.3 Å². The summed E-state index contributed by atoms with van der Waals surface area (Å²) in [4.78, 5) is 15.6. The molecule has 0 aliphatic rings. The Bertz CT molecular complexity index is 599. The number of hydrogen-bond acceptors (Lipinski definition) is 4. The summed E-state index contributed by atoms with van der Waals surface area (Å²) < 4.78 is 0. The Morgan fingerprint density at radius 2 is 2.15 bits per heavy atom. The first kappa shape index (κ1) is 14.2. The Morgan fingerprint density at radius 3 is 2.90 bits per heavy atom. The minimum Gasteiger partial charge on any atom is -0.395 e. The Labute approximate surface area is 117 Å². The second-order valence-electron chi connectivity index (χ2n) is 4.36. The highest BCUT2D eigenvalue weighted by Crippen LogP contribution is 2.22. The predicted octanol–water partition coefficient (Wildman–Crippen LogP) is 0.929. The van der Waals surface area contributed by atoms with Crippen molar-refractivity contribution in [2.75, 3.05) is 13.2 Å². The lowest BCUT2D eigenvalue weighted by Gasteiger charge is -2.10. The summed E-state index contributed by atoms with van der Waals surface area (Å²) in [5.74, 6) is -0.456. The van der Waals surface area contributed by atoms with E-state index in [1.165, 1.54) is 0 Å². The summed E-state index contributed by atoms with van der Waals surface area (Å²) in [6.07, 6.45) is 1.71. The first-order valence-electron chi connectivity index (χ1n) is 6.38. The molecule has 0 unspecified atom stereocenters. The van der Waals surface area contributed by atoms with E-state index in [2.05, 4.69) is 10.3 Å². The maximum atomic E-state index is 11.2. The fraction of sp³-hybridized carbons (Fsp3) is 0.200. The molecule has 5 heteroatoms. The van der Waals surface area contributed by atoms with Crippen molar-refractivity contribution in [1.82, 2.24) is 10.3 Å². The van der Waals surface area contributed by atoms with Crippen LogP contribution in [0.4, 0.5) is 0 Å². The maximum absolute atomic E-state index is 11.2. The molecule has 5 nitrogen and oxygen atoms in total. The number of aliphatic hydroxyl groups excluding tert-OH is 1. The van der Waals surface area contributed by atoms with E-state index in [1.807, 2.05) is 18.2 Å². The molecule has 0 atom stereocenters. The third-order valence-electron chi connectivity index (χ3n) is 2.92. The average Bonchev–Trinajstić information content (AvgIpc) is 2.48. The highest BCUT2D eigenvalue weighted by atomic mass is 16.3. The van der Waals surface area contributed by atoms with Gasteiger partial charge in [-0.1, -0.05) is 18.2 Å². The van der Waals surface area contributed by atoms with Crippen LogP contribution in [0.15, 0.2) is 42.6 Å². The van der Waals surface area contributed by atoms with Crippen LogP contribution in [0, 0.1) is 0 Å². The van der Waals surface area contributed by atoms with Gasteiger partial charge in [0.1, 0.15) is 0 Å². The van der Waals surface area contributed by atoms with E-state index < -0.39 is 5.91 Å². The summed E-state index contributed by atoms with van der Waals surface area (Å²) in [5, 5.41) is 11.9. The number of carbonyl (C=O) groups is 1. The van der Waals surface area contributed by atoms with E-state index in [9.17, 15) is 4.79 Å². The molecule has 1 heterocycles. The van der Waals surface area contributed by atoms with Gasteiger partial charge >= 0.3 is 0 Å². The molecule has 4 N–H and O–H groups in total. The Morgan fingerprint density at radius 1 is 1.30 bits per heavy atom. The average molecular weight is 271 g/mol. The van der Waals surface area contributed by atoms with Crippen LogP contribution in [0.5, 0.6) is 0 Å². The van der Waals surface area contributed by atoms with Crippen molar-refractivity contribution < 1.29 is 9.90 Å². The summed E-state index contributed by atoms with van der Waals surface area (Å²) >= 11 is 0. The molecular formula is C15H17N3O2. The quantitative estimate of drug-likeness (QED) is 0.682. The molecule has 1 amide bonds. The molecule has 0 saturated carbocycles. The molecule has 0 radical (unpaired) electrons. The van der Waals surface area contributed by atoms with Crippen molar-refractivity contribution in [1.29, 1.82) is 0 Å². The molecule has 2 rings (SSSR count). The first-order valence-corrected chi connectivity index (χ1v) is 6.38. The molecule has 0 spiro atoms. The largest absolute Gasteiger partial charge is 0.395 e. The number of amides is 1. The van der Waals surface area contributed by atoms with Gasteiger partial charge in [0.25, 0.3) is 0 Å². The molecule has 0 aliphatic heterocycles. The fourth-order valence-electron chi connectivity index (χ4n) is 1.96. The fourth-order valence-corrected chi connectivity index (χ4v) is 1.96. The number of nitrogens with zero attached hydrogens (tertiary/aromatic N) is 1. The number of nitrogens with one attached hydrogen (secondary N) is 1. The minimum absolute atomic E-state index is 0.0900. The van der Waals surface area contributed by atoms with Gasteiger partial charge in [0.2, 0.25) is 5.91 Å². The number of aromatic nitrogens is 1. The van der Waals surface area contributed by atoms with Gasteiger partial charge in [0, 0.05) is 30.4 Å². The highest BCUT2D eigenvalue weighted by molar-refractivity contribution is 5.94. The van der Waals surface area contributed by atoms with Crippen molar-refractivity contribution in [3.63, 3.8) is 0 Å². The zero-order valence-corrected chi connectivity index (χ0v) is 11.0. The Balaban J connectivity index is 2.32. The van der Waals surface area contributed by atoms with E-state index in [0.29, 0.717) is 18.7 Å². The molecule has 0 aliphatic carbocycles. The molecule has 1 aromatic heterocycles. The van der Waals surface area contributed by atoms with Crippen molar-refractivity contribution in [2.24, 2.45) is 5.73 Å². The van der Waals surface area contributed by atoms with Crippen LogP contribution in [0.3, 0.4) is 0 Å². The third kappa shape index (κ3) is 3.40. The van der Waals surface area contributed by atoms with Gasteiger partial charge in [-0.25, -0.2) is 0 Å². The number of primary amides is 1. The Hall–Kier alpha value is -2.24. The monoisotopic (exact) mass is 271 g/mol. The lowest BCUT2D eigenvalue weighted by molar-refractivity contribution is 0.100. The number of nitrogens with two attached hydrogens (primary N) is 1. The number of rotatable bonds is 6. The first-order chi connectivity index (χ1) is 9.72. The van der Waals surface area contributed by atoms with Crippen molar-refractivity contribution in [3.05, 3.63) is 53.7 Å². The molecule has 1 aromatic carbocycles. The van der Waals surface area contributed by atoms with Crippen LogP contribution < -0.4 is 11.1 Å². The molecule has 0 bridgehead atoms. The molecular weight excluding hydrogens is 254 g/mol. The lowest BCUT2D eigenvalue weighted by Crippen LogP contribution is -2.18. The highest BCUT2D eigenvalue weighted by Gasteiger charge is 2.08. The lowest BCUT2D eigenvalue weighted by atomic mass is 10.0. The van der Waals surface area contributed by atoms with Crippen molar-refractivity contribution >= 4 is 5.91 Å². The number of aliphatic hydroxyl groups is 1. The van der Waals surface area contributed by atoms with Crippen LogP contribution >= 0.6 is 0 Å². The minimum atomic E-state index is -0.456.